The largest absolute Gasteiger partial charge is 0.314 e. The zero-order valence-corrected chi connectivity index (χ0v) is 11.6. The molecule has 0 radical (unpaired) electrons. The standard InChI is InChI=1S/C11H24N2O2S/c1-10-9-12-5-6-13(10)7-8-16(14,15)11(2,3)4/h10,12H,5-9H2,1-4H3. The van der Waals surface area contributed by atoms with Gasteiger partial charge in [0, 0.05) is 32.2 Å². The number of sulfone groups is 1. The number of hydrogen-bond acceptors (Lipinski definition) is 4. The molecule has 96 valence electrons. The highest BCUT2D eigenvalue weighted by Crippen LogP contribution is 2.16. The van der Waals surface area contributed by atoms with Crippen LogP contribution in [0.3, 0.4) is 0 Å². The van der Waals surface area contributed by atoms with Crippen molar-refractivity contribution in [2.75, 3.05) is 31.9 Å². The van der Waals surface area contributed by atoms with Gasteiger partial charge in [-0.05, 0) is 27.7 Å². The van der Waals surface area contributed by atoms with Crippen LogP contribution in [-0.4, -0.2) is 56.0 Å². The van der Waals surface area contributed by atoms with Crippen LogP contribution in [0.5, 0.6) is 0 Å². The van der Waals surface area contributed by atoms with Gasteiger partial charge in [0.25, 0.3) is 0 Å². The van der Waals surface area contributed by atoms with Gasteiger partial charge in [-0.3, -0.25) is 4.90 Å². The molecular weight excluding hydrogens is 224 g/mol. The molecule has 0 spiro atoms. The Bertz CT molecular complexity index is 319. The van der Waals surface area contributed by atoms with Gasteiger partial charge in [-0.25, -0.2) is 8.42 Å². The van der Waals surface area contributed by atoms with Gasteiger partial charge in [0.1, 0.15) is 0 Å². The van der Waals surface area contributed by atoms with Crippen molar-refractivity contribution in [1.29, 1.82) is 0 Å². The average Bonchev–Trinajstić information content (AvgIpc) is 2.15. The van der Waals surface area contributed by atoms with E-state index in [2.05, 4.69) is 17.1 Å². The molecule has 0 aliphatic carbocycles. The summed E-state index contributed by atoms with van der Waals surface area (Å²) in [6.07, 6.45) is 0. The Morgan fingerprint density at radius 2 is 2.00 bits per heavy atom. The van der Waals surface area contributed by atoms with Gasteiger partial charge in [0.15, 0.2) is 9.84 Å². The fourth-order valence-corrected chi connectivity index (χ4v) is 2.85. The van der Waals surface area contributed by atoms with E-state index >= 15 is 0 Å². The maximum atomic E-state index is 12.0. The molecular formula is C11H24N2O2S. The third-order valence-electron chi connectivity index (χ3n) is 3.22. The molecule has 0 saturated carbocycles. The molecule has 1 aliphatic heterocycles. The molecule has 1 saturated heterocycles. The van der Waals surface area contributed by atoms with Crippen molar-refractivity contribution in [2.24, 2.45) is 0 Å². The molecule has 1 N–H and O–H groups in total. The third-order valence-corrected chi connectivity index (χ3v) is 5.81. The quantitative estimate of drug-likeness (QED) is 0.790. The van der Waals surface area contributed by atoms with Crippen LogP contribution >= 0.6 is 0 Å². The molecule has 1 unspecified atom stereocenters. The normalized spacial score (nSPS) is 24.6. The van der Waals surface area contributed by atoms with Crippen LogP contribution < -0.4 is 5.32 Å². The van der Waals surface area contributed by atoms with E-state index in [1.54, 1.807) is 20.8 Å². The van der Waals surface area contributed by atoms with E-state index in [0.717, 1.165) is 19.6 Å². The van der Waals surface area contributed by atoms with Crippen LogP contribution in [0.25, 0.3) is 0 Å². The van der Waals surface area contributed by atoms with Crippen LogP contribution in [0.4, 0.5) is 0 Å². The number of hydrogen-bond donors (Lipinski definition) is 1. The summed E-state index contributed by atoms with van der Waals surface area (Å²) >= 11 is 0. The third kappa shape index (κ3) is 3.43. The fourth-order valence-electron chi connectivity index (χ4n) is 1.76. The monoisotopic (exact) mass is 248 g/mol. The van der Waals surface area contributed by atoms with Crippen LogP contribution in [0, 0.1) is 0 Å². The maximum absolute atomic E-state index is 12.0. The number of piperazine rings is 1. The molecule has 0 aromatic rings. The molecule has 1 atom stereocenters. The summed E-state index contributed by atoms with van der Waals surface area (Å²) < 4.78 is 23.3. The molecule has 1 heterocycles. The predicted octanol–water partition coefficient (Wildman–Crippen LogP) is 0.493. The second-order valence-corrected chi connectivity index (χ2v) is 8.38. The predicted molar refractivity (Wildman–Crippen MR) is 67.4 cm³/mol. The molecule has 4 nitrogen and oxygen atoms in total. The van der Waals surface area contributed by atoms with Crippen molar-refractivity contribution < 1.29 is 8.42 Å². The highest BCUT2D eigenvalue weighted by molar-refractivity contribution is 7.92. The van der Waals surface area contributed by atoms with E-state index in [1.807, 2.05) is 0 Å². The van der Waals surface area contributed by atoms with Gasteiger partial charge in [-0.1, -0.05) is 0 Å². The van der Waals surface area contributed by atoms with Crippen LogP contribution in [0.15, 0.2) is 0 Å². The van der Waals surface area contributed by atoms with Crippen LogP contribution in [0.2, 0.25) is 0 Å². The number of rotatable bonds is 3. The highest BCUT2D eigenvalue weighted by atomic mass is 32.2. The Morgan fingerprint density at radius 1 is 1.38 bits per heavy atom. The summed E-state index contributed by atoms with van der Waals surface area (Å²) in [7, 11) is -2.98. The van der Waals surface area contributed by atoms with E-state index in [1.165, 1.54) is 0 Å². The average molecular weight is 248 g/mol. The first kappa shape index (κ1) is 13.9. The SMILES string of the molecule is CC1CNCCN1CCS(=O)(=O)C(C)(C)C. The van der Waals surface area contributed by atoms with E-state index < -0.39 is 14.6 Å². The Hall–Kier alpha value is -0.130. The lowest BCUT2D eigenvalue weighted by Gasteiger charge is -2.34. The fraction of sp³-hybridized carbons (Fsp3) is 1.00. The Balaban J connectivity index is 2.51. The summed E-state index contributed by atoms with van der Waals surface area (Å²) in [6.45, 7) is 10.9. The first-order chi connectivity index (χ1) is 7.24. The molecule has 1 fully saturated rings. The second kappa shape index (κ2) is 5.02. The lowest BCUT2D eigenvalue weighted by atomic mass is 10.2. The van der Waals surface area contributed by atoms with Gasteiger partial charge in [0.05, 0.1) is 10.5 Å². The van der Waals surface area contributed by atoms with Crippen LogP contribution in [0.1, 0.15) is 27.7 Å². The van der Waals surface area contributed by atoms with Crippen molar-refractivity contribution >= 4 is 9.84 Å². The van der Waals surface area contributed by atoms with Crippen molar-refractivity contribution in [3.8, 4) is 0 Å². The minimum absolute atomic E-state index is 0.265. The molecule has 0 bridgehead atoms. The zero-order valence-electron chi connectivity index (χ0n) is 10.8. The van der Waals surface area contributed by atoms with Gasteiger partial charge in [0.2, 0.25) is 0 Å². The minimum atomic E-state index is -2.98. The lowest BCUT2D eigenvalue weighted by molar-refractivity contribution is 0.183. The van der Waals surface area contributed by atoms with Crippen molar-refractivity contribution in [1.82, 2.24) is 10.2 Å². The van der Waals surface area contributed by atoms with Crippen molar-refractivity contribution in [3.63, 3.8) is 0 Å². The highest BCUT2D eigenvalue weighted by Gasteiger charge is 2.30. The molecule has 0 amide bonds. The zero-order chi connectivity index (χ0) is 12.4. The van der Waals surface area contributed by atoms with E-state index in [4.69, 9.17) is 0 Å². The van der Waals surface area contributed by atoms with Gasteiger partial charge < -0.3 is 5.32 Å². The summed E-state index contributed by atoms with van der Waals surface area (Å²) in [5, 5.41) is 3.30. The van der Waals surface area contributed by atoms with Gasteiger partial charge in [-0.2, -0.15) is 0 Å². The number of nitrogens with zero attached hydrogens (tertiary/aromatic N) is 1. The summed E-state index contributed by atoms with van der Waals surface area (Å²) in [5.74, 6) is 0.265. The second-order valence-electron chi connectivity index (χ2n) is 5.52. The molecule has 1 aliphatic rings. The first-order valence-corrected chi connectivity index (χ1v) is 7.56. The van der Waals surface area contributed by atoms with Crippen LogP contribution in [-0.2, 0) is 9.84 Å². The van der Waals surface area contributed by atoms with Crippen molar-refractivity contribution in [2.45, 2.75) is 38.5 Å². The van der Waals surface area contributed by atoms with Gasteiger partial charge in [-0.15, -0.1) is 0 Å². The number of nitrogens with one attached hydrogen (secondary N) is 1. The molecule has 0 aromatic carbocycles. The topological polar surface area (TPSA) is 49.4 Å². The first-order valence-electron chi connectivity index (χ1n) is 5.91. The van der Waals surface area contributed by atoms with E-state index in [-0.39, 0.29) is 5.75 Å². The molecule has 0 aromatic heterocycles. The maximum Gasteiger partial charge on any atom is 0.156 e. The molecule has 1 rings (SSSR count). The summed E-state index contributed by atoms with van der Waals surface area (Å²) in [5.41, 5.74) is 0. The Morgan fingerprint density at radius 3 is 2.50 bits per heavy atom. The smallest absolute Gasteiger partial charge is 0.156 e. The Kier molecular flexibility index (Phi) is 4.37. The van der Waals surface area contributed by atoms with E-state index in [0.29, 0.717) is 12.6 Å². The summed E-state index contributed by atoms with van der Waals surface area (Å²) in [6, 6.07) is 0.434. The summed E-state index contributed by atoms with van der Waals surface area (Å²) in [4.78, 5) is 2.25. The molecule has 16 heavy (non-hydrogen) atoms. The Labute approximate surface area is 99.3 Å². The van der Waals surface area contributed by atoms with Gasteiger partial charge >= 0.3 is 0 Å². The minimum Gasteiger partial charge on any atom is -0.314 e. The lowest BCUT2D eigenvalue weighted by Crippen LogP contribution is -2.51. The van der Waals surface area contributed by atoms with Crippen molar-refractivity contribution in [3.05, 3.63) is 0 Å². The molecule has 5 heteroatoms. The van der Waals surface area contributed by atoms with E-state index in [9.17, 15) is 8.42 Å².